The highest BCUT2D eigenvalue weighted by Crippen LogP contribution is 2.10. The average molecular weight is 351 g/mol. The Morgan fingerprint density at radius 2 is 1.88 bits per heavy atom. The summed E-state index contributed by atoms with van der Waals surface area (Å²) in [7, 11) is 1.56. The molecule has 0 spiro atoms. The summed E-state index contributed by atoms with van der Waals surface area (Å²) in [5, 5.41) is 5.51. The summed E-state index contributed by atoms with van der Waals surface area (Å²) in [6.07, 6.45) is 0.251. The number of methoxy groups -OCH3 is 1. The zero-order valence-electron chi connectivity index (χ0n) is 14.2. The summed E-state index contributed by atoms with van der Waals surface area (Å²) >= 11 is 0. The number of hydrogen-bond acceptors (Lipinski definition) is 7. The monoisotopic (exact) mass is 351 g/mol. The second-order valence-corrected chi connectivity index (χ2v) is 5.29. The highest BCUT2D eigenvalue weighted by atomic mass is 16.7. The number of ether oxygens (including phenoxy) is 2. The summed E-state index contributed by atoms with van der Waals surface area (Å²) in [5.41, 5.74) is 5.62. The molecule has 1 aromatic rings. The summed E-state index contributed by atoms with van der Waals surface area (Å²) in [6.45, 7) is 2.82. The van der Waals surface area contributed by atoms with Crippen molar-refractivity contribution >= 4 is 24.1 Å². The van der Waals surface area contributed by atoms with Crippen LogP contribution in [-0.4, -0.2) is 43.9 Å². The Morgan fingerprint density at radius 3 is 2.40 bits per heavy atom. The van der Waals surface area contributed by atoms with Gasteiger partial charge in [-0.15, -0.1) is 0 Å². The molecule has 0 aliphatic heterocycles. The first-order valence-electron chi connectivity index (χ1n) is 7.42. The minimum absolute atomic E-state index is 0.355. The van der Waals surface area contributed by atoms with Gasteiger partial charge in [0.2, 0.25) is 6.61 Å². The first-order chi connectivity index (χ1) is 11.8. The van der Waals surface area contributed by atoms with Crippen molar-refractivity contribution in [1.82, 2.24) is 5.32 Å². The van der Waals surface area contributed by atoms with Crippen LogP contribution in [-0.2, 0) is 19.2 Å². The fraction of sp³-hybridized carbons (Fsp3) is 0.375. The van der Waals surface area contributed by atoms with Gasteiger partial charge in [0.15, 0.2) is 6.10 Å². The van der Waals surface area contributed by atoms with E-state index >= 15 is 0 Å². The zero-order valence-corrected chi connectivity index (χ0v) is 14.2. The number of imide groups is 1. The average Bonchev–Trinajstić information content (AvgIpc) is 2.56. The number of rotatable bonds is 8. The van der Waals surface area contributed by atoms with Crippen LogP contribution in [0.1, 0.15) is 19.4 Å². The Labute approximate surface area is 145 Å². The molecule has 3 amide bonds. The quantitative estimate of drug-likeness (QED) is 0.405. The van der Waals surface area contributed by atoms with Crippen LogP contribution in [0.3, 0.4) is 0 Å². The molecular formula is C16H21N3O6. The third kappa shape index (κ3) is 7.34. The van der Waals surface area contributed by atoms with Gasteiger partial charge in [0.25, 0.3) is 5.91 Å². The fourth-order valence-electron chi connectivity index (χ4n) is 1.74. The molecule has 0 bridgehead atoms. The van der Waals surface area contributed by atoms with E-state index in [4.69, 9.17) is 20.0 Å². The van der Waals surface area contributed by atoms with Crippen molar-refractivity contribution in [3.63, 3.8) is 0 Å². The van der Waals surface area contributed by atoms with Gasteiger partial charge >= 0.3 is 12.0 Å². The van der Waals surface area contributed by atoms with Crippen LogP contribution in [0.5, 0.6) is 5.75 Å². The van der Waals surface area contributed by atoms with Crippen molar-refractivity contribution in [2.75, 3.05) is 13.7 Å². The lowest BCUT2D eigenvalue weighted by Gasteiger charge is -2.19. The van der Waals surface area contributed by atoms with E-state index in [-0.39, 0.29) is 5.92 Å². The normalized spacial score (nSPS) is 11.8. The van der Waals surface area contributed by atoms with Crippen LogP contribution in [0.15, 0.2) is 29.4 Å². The lowest BCUT2D eigenvalue weighted by atomic mass is 10.1. The van der Waals surface area contributed by atoms with E-state index in [1.165, 1.54) is 6.21 Å². The number of oxime groups is 1. The Bertz CT molecular complexity index is 627. The number of primary amides is 1. The number of urea groups is 1. The molecule has 1 unspecified atom stereocenters. The van der Waals surface area contributed by atoms with Crippen molar-refractivity contribution in [2.24, 2.45) is 16.8 Å². The number of carbonyl (C=O) groups excluding carboxylic acids is 3. The van der Waals surface area contributed by atoms with Gasteiger partial charge in [-0.05, 0) is 35.7 Å². The second kappa shape index (κ2) is 9.91. The number of esters is 1. The molecule has 9 heteroatoms. The van der Waals surface area contributed by atoms with Crippen molar-refractivity contribution in [2.45, 2.75) is 20.0 Å². The van der Waals surface area contributed by atoms with Gasteiger partial charge in [-0.2, -0.15) is 0 Å². The minimum atomic E-state index is -1.16. The summed E-state index contributed by atoms with van der Waals surface area (Å²) in [6, 6.07) is 5.99. The highest BCUT2D eigenvalue weighted by Gasteiger charge is 2.27. The fourth-order valence-corrected chi connectivity index (χ4v) is 1.74. The molecule has 0 heterocycles. The van der Waals surface area contributed by atoms with Gasteiger partial charge in [-0.25, -0.2) is 9.59 Å². The third-order valence-electron chi connectivity index (χ3n) is 2.94. The Hall–Kier alpha value is -3.10. The van der Waals surface area contributed by atoms with Gasteiger partial charge in [-0.3, -0.25) is 10.1 Å². The summed E-state index contributed by atoms with van der Waals surface area (Å²) in [4.78, 5) is 39.0. The second-order valence-electron chi connectivity index (χ2n) is 5.29. The lowest BCUT2D eigenvalue weighted by Crippen LogP contribution is -2.45. The Kier molecular flexibility index (Phi) is 7.91. The number of benzene rings is 1. The zero-order chi connectivity index (χ0) is 18.8. The van der Waals surface area contributed by atoms with Crippen LogP contribution in [0.4, 0.5) is 4.79 Å². The molecule has 0 aliphatic rings. The highest BCUT2D eigenvalue weighted by molar-refractivity contribution is 5.96. The molecule has 0 aromatic heterocycles. The molecule has 0 radical (unpaired) electrons. The number of nitrogens with one attached hydrogen (secondary N) is 1. The van der Waals surface area contributed by atoms with Crippen molar-refractivity contribution in [1.29, 1.82) is 0 Å². The van der Waals surface area contributed by atoms with Gasteiger partial charge in [-0.1, -0.05) is 19.0 Å². The van der Waals surface area contributed by atoms with Gasteiger partial charge in [0, 0.05) is 0 Å². The predicted molar refractivity (Wildman–Crippen MR) is 89.0 cm³/mol. The third-order valence-corrected chi connectivity index (χ3v) is 2.94. The Balaban J connectivity index is 2.47. The first-order valence-corrected chi connectivity index (χ1v) is 7.42. The molecule has 136 valence electrons. The van der Waals surface area contributed by atoms with Crippen molar-refractivity contribution in [3.8, 4) is 5.75 Å². The SMILES string of the molecule is COc1ccc(C=NOCC(=O)OC(C(=O)NC(N)=O)C(C)C)cc1. The predicted octanol–water partition coefficient (Wildman–Crippen LogP) is 0.808. The maximum atomic E-state index is 11.7. The van der Waals surface area contributed by atoms with E-state index < -0.39 is 30.6 Å². The van der Waals surface area contributed by atoms with Gasteiger partial charge in [0.05, 0.1) is 13.3 Å². The standard InChI is InChI=1S/C16H21N3O6/c1-10(2)14(15(21)19-16(17)22)25-13(20)9-24-18-8-11-4-6-12(23-3)7-5-11/h4-8,10,14H,9H2,1-3H3,(H3,17,19,21,22). The maximum absolute atomic E-state index is 11.7. The van der Waals surface area contributed by atoms with Crippen molar-refractivity contribution < 1.29 is 28.7 Å². The molecule has 0 aliphatic carbocycles. The number of nitrogens with two attached hydrogens (primary N) is 1. The molecule has 0 saturated heterocycles. The minimum Gasteiger partial charge on any atom is -0.497 e. The summed E-state index contributed by atoms with van der Waals surface area (Å²) < 4.78 is 10.0. The molecule has 25 heavy (non-hydrogen) atoms. The number of carbonyl (C=O) groups is 3. The van der Waals surface area contributed by atoms with Crippen LogP contribution in [0.2, 0.25) is 0 Å². The van der Waals surface area contributed by atoms with E-state index in [0.717, 1.165) is 5.56 Å². The Morgan fingerprint density at radius 1 is 1.24 bits per heavy atom. The topological polar surface area (TPSA) is 129 Å². The number of nitrogens with zero attached hydrogens (tertiary/aromatic N) is 1. The molecule has 9 nitrogen and oxygen atoms in total. The number of amides is 3. The van der Waals surface area contributed by atoms with E-state index in [0.29, 0.717) is 5.75 Å². The smallest absolute Gasteiger partial charge is 0.347 e. The molecular weight excluding hydrogens is 330 g/mol. The molecule has 1 aromatic carbocycles. The van der Waals surface area contributed by atoms with E-state index in [2.05, 4.69) is 5.16 Å². The largest absolute Gasteiger partial charge is 0.497 e. The molecule has 1 atom stereocenters. The van der Waals surface area contributed by atoms with E-state index in [1.54, 1.807) is 45.2 Å². The summed E-state index contributed by atoms with van der Waals surface area (Å²) in [5.74, 6) is -1.25. The first kappa shape index (κ1) is 19.9. The molecule has 0 saturated carbocycles. The molecule has 1 rings (SSSR count). The van der Waals surface area contributed by atoms with Gasteiger partial charge < -0.3 is 20.0 Å². The van der Waals surface area contributed by atoms with Crippen LogP contribution in [0, 0.1) is 5.92 Å². The van der Waals surface area contributed by atoms with E-state index in [1.807, 2.05) is 5.32 Å². The van der Waals surface area contributed by atoms with Gasteiger partial charge in [0.1, 0.15) is 5.75 Å². The van der Waals surface area contributed by atoms with Crippen LogP contribution >= 0.6 is 0 Å². The van der Waals surface area contributed by atoms with Crippen LogP contribution in [0.25, 0.3) is 0 Å². The van der Waals surface area contributed by atoms with E-state index in [9.17, 15) is 14.4 Å². The lowest BCUT2D eigenvalue weighted by molar-refractivity contribution is -0.162. The van der Waals surface area contributed by atoms with Crippen molar-refractivity contribution in [3.05, 3.63) is 29.8 Å². The van der Waals surface area contributed by atoms with Crippen LogP contribution < -0.4 is 15.8 Å². The number of hydrogen-bond donors (Lipinski definition) is 2. The maximum Gasteiger partial charge on any atom is 0.347 e. The molecule has 3 N–H and O–H groups in total. The molecule has 0 fully saturated rings.